The highest BCUT2D eigenvalue weighted by Gasteiger charge is 2.22. The molecule has 26 heavy (non-hydrogen) atoms. The highest BCUT2D eigenvalue weighted by molar-refractivity contribution is 7.97. The molecule has 3 heterocycles. The van der Waals surface area contributed by atoms with E-state index in [0.29, 0.717) is 16.7 Å². The summed E-state index contributed by atoms with van der Waals surface area (Å²) in [5.41, 5.74) is 3.57. The minimum Gasteiger partial charge on any atom is -0.375 e. The second-order valence-electron chi connectivity index (χ2n) is 6.14. The van der Waals surface area contributed by atoms with Gasteiger partial charge in [-0.05, 0) is 30.1 Å². The summed E-state index contributed by atoms with van der Waals surface area (Å²) in [6.45, 7) is 2.42. The van der Waals surface area contributed by atoms with E-state index in [4.69, 9.17) is 38.1 Å². The summed E-state index contributed by atoms with van der Waals surface area (Å²) < 4.78 is 7.96. The van der Waals surface area contributed by atoms with Crippen molar-refractivity contribution >= 4 is 40.8 Å². The van der Waals surface area contributed by atoms with Crippen molar-refractivity contribution in [2.45, 2.75) is 17.4 Å². The molecule has 5 nitrogen and oxygen atoms in total. The summed E-state index contributed by atoms with van der Waals surface area (Å²) in [6.07, 6.45) is 2.77. The second kappa shape index (κ2) is 7.76. The molecule has 1 saturated heterocycles. The third-order valence-electron chi connectivity index (χ3n) is 4.44. The fourth-order valence-electron chi connectivity index (χ4n) is 3.21. The van der Waals surface area contributed by atoms with Gasteiger partial charge in [-0.25, -0.2) is 4.98 Å². The van der Waals surface area contributed by atoms with Gasteiger partial charge in [0.05, 0.1) is 29.1 Å². The van der Waals surface area contributed by atoms with Crippen LogP contribution in [0, 0.1) is 0 Å². The summed E-state index contributed by atoms with van der Waals surface area (Å²) >= 11 is 13.9. The molecule has 2 aromatic heterocycles. The number of halogens is 2. The van der Waals surface area contributed by atoms with E-state index in [1.54, 1.807) is 0 Å². The smallest absolute Gasteiger partial charge is 0.139 e. The standard InChI is InChI=1S/C18H18Cl2N4OS/c19-11-3-5-24-16(8-12-10-22-4-6-25-12)18(23-17(24)7-11)14-2-1-13(26-21)9-15(14)20/h1-3,5,7,9,12,22H,4,6,8,10,21H2. The first kappa shape index (κ1) is 18.1. The van der Waals surface area contributed by atoms with E-state index in [9.17, 15) is 0 Å². The van der Waals surface area contributed by atoms with Crippen LogP contribution < -0.4 is 10.5 Å². The first-order valence-corrected chi connectivity index (χ1v) is 9.94. The zero-order valence-electron chi connectivity index (χ0n) is 13.9. The van der Waals surface area contributed by atoms with E-state index in [1.165, 1.54) is 11.9 Å². The Morgan fingerprint density at radius 3 is 2.92 bits per heavy atom. The SMILES string of the molecule is NSc1ccc(-c2nc3cc(Cl)ccn3c2CC2CNCCO2)c(Cl)c1. The van der Waals surface area contributed by atoms with Crippen molar-refractivity contribution in [1.82, 2.24) is 14.7 Å². The normalized spacial score (nSPS) is 17.7. The first-order valence-electron chi connectivity index (χ1n) is 8.31. The number of aromatic nitrogens is 2. The number of imidazole rings is 1. The zero-order chi connectivity index (χ0) is 18.1. The van der Waals surface area contributed by atoms with Gasteiger partial charge in [0.25, 0.3) is 0 Å². The van der Waals surface area contributed by atoms with Crippen molar-refractivity contribution in [2.24, 2.45) is 5.14 Å². The largest absolute Gasteiger partial charge is 0.375 e. The number of hydrogen-bond donors (Lipinski definition) is 2. The van der Waals surface area contributed by atoms with Crippen LogP contribution in [-0.2, 0) is 11.2 Å². The Balaban J connectivity index is 1.83. The van der Waals surface area contributed by atoms with Crippen LogP contribution in [-0.4, -0.2) is 35.2 Å². The number of pyridine rings is 1. The maximum absolute atomic E-state index is 6.53. The minimum absolute atomic E-state index is 0.0933. The highest BCUT2D eigenvalue weighted by atomic mass is 35.5. The van der Waals surface area contributed by atoms with Crippen LogP contribution in [0.2, 0.25) is 10.0 Å². The Bertz CT molecular complexity index is 940. The molecule has 0 bridgehead atoms. The molecule has 0 spiro atoms. The van der Waals surface area contributed by atoms with Crippen molar-refractivity contribution in [3.63, 3.8) is 0 Å². The van der Waals surface area contributed by atoms with E-state index in [0.717, 1.165) is 47.0 Å². The number of rotatable bonds is 4. The van der Waals surface area contributed by atoms with Crippen molar-refractivity contribution in [3.05, 3.63) is 52.3 Å². The predicted octanol–water partition coefficient (Wildman–Crippen LogP) is 3.80. The number of hydrogen-bond acceptors (Lipinski definition) is 5. The molecule has 1 fully saturated rings. The molecule has 0 amide bonds. The van der Waals surface area contributed by atoms with Crippen LogP contribution in [0.1, 0.15) is 5.69 Å². The first-order chi connectivity index (χ1) is 12.7. The molecule has 1 aliphatic heterocycles. The average Bonchev–Trinajstić information content (AvgIpc) is 2.99. The molecule has 0 radical (unpaired) electrons. The fourth-order valence-corrected chi connectivity index (χ4v) is 4.03. The van der Waals surface area contributed by atoms with Crippen molar-refractivity contribution in [2.75, 3.05) is 19.7 Å². The number of ether oxygens (including phenoxy) is 1. The molecule has 4 rings (SSSR count). The van der Waals surface area contributed by atoms with Gasteiger partial charge in [0, 0.05) is 47.3 Å². The number of nitrogens with two attached hydrogens (primary N) is 1. The quantitative estimate of drug-likeness (QED) is 0.642. The van der Waals surface area contributed by atoms with E-state index in [1.807, 2.05) is 36.5 Å². The molecular formula is C18H18Cl2N4OS. The van der Waals surface area contributed by atoms with Gasteiger partial charge in [0.2, 0.25) is 0 Å². The number of benzene rings is 1. The monoisotopic (exact) mass is 408 g/mol. The Hall–Kier alpha value is -1.28. The van der Waals surface area contributed by atoms with E-state index < -0.39 is 0 Å². The molecular weight excluding hydrogens is 391 g/mol. The Labute approximate surface area is 166 Å². The summed E-state index contributed by atoms with van der Waals surface area (Å²) in [7, 11) is 0. The van der Waals surface area contributed by atoms with Crippen LogP contribution in [0.5, 0.6) is 0 Å². The Kier molecular flexibility index (Phi) is 5.40. The van der Waals surface area contributed by atoms with Crippen molar-refractivity contribution in [1.29, 1.82) is 0 Å². The Morgan fingerprint density at radius 1 is 1.31 bits per heavy atom. The van der Waals surface area contributed by atoms with E-state index in [-0.39, 0.29) is 6.10 Å². The van der Waals surface area contributed by atoms with Gasteiger partial charge in [0.1, 0.15) is 5.65 Å². The number of morpholine rings is 1. The zero-order valence-corrected chi connectivity index (χ0v) is 16.2. The lowest BCUT2D eigenvalue weighted by Crippen LogP contribution is -2.39. The summed E-state index contributed by atoms with van der Waals surface area (Å²) in [5, 5.41) is 10.3. The second-order valence-corrected chi connectivity index (χ2v) is 7.69. The van der Waals surface area contributed by atoms with Gasteiger partial charge in [-0.2, -0.15) is 0 Å². The van der Waals surface area contributed by atoms with Crippen LogP contribution in [0.3, 0.4) is 0 Å². The Morgan fingerprint density at radius 2 is 2.19 bits per heavy atom. The molecule has 0 saturated carbocycles. The third-order valence-corrected chi connectivity index (χ3v) is 5.52. The molecule has 3 N–H and O–H groups in total. The maximum Gasteiger partial charge on any atom is 0.139 e. The fraction of sp³-hybridized carbons (Fsp3) is 0.278. The van der Waals surface area contributed by atoms with E-state index >= 15 is 0 Å². The number of fused-ring (bicyclic) bond motifs is 1. The average molecular weight is 409 g/mol. The topological polar surface area (TPSA) is 64.6 Å². The van der Waals surface area contributed by atoms with Crippen molar-refractivity contribution < 1.29 is 4.74 Å². The lowest BCUT2D eigenvalue weighted by Gasteiger charge is -2.24. The minimum atomic E-state index is 0.0933. The van der Waals surface area contributed by atoms with Gasteiger partial charge in [-0.3, -0.25) is 5.14 Å². The van der Waals surface area contributed by atoms with Crippen molar-refractivity contribution in [3.8, 4) is 11.3 Å². The van der Waals surface area contributed by atoms with Gasteiger partial charge in [-0.1, -0.05) is 29.3 Å². The molecule has 1 unspecified atom stereocenters. The van der Waals surface area contributed by atoms with Crippen LogP contribution in [0.15, 0.2) is 41.4 Å². The van der Waals surface area contributed by atoms with Crippen LogP contribution >= 0.6 is 35.1 Å². The van der Waals surface area contributed by atoms with Gasteiger partial charge in [-0.15, -0.1) is 0 Å². The molecule has 3 aromatic rings. The van der Waals surface area contributed by atoms with Crippen LogP contribution in [0.25, 0.3) is 16.9 Å². The molecule has 1 atom stereocenters. The van der Waals surface area contributed by atoms with Gasteiger partial charge in [0.15, 0.2) is 0 Å². The summed E-state index contributed by atoms with van der Waals surface area (Å²) in [6, 6.07) is 9.49. The van der Waals surface area contributed by atoms with Gasteiger partial charge < -0.3 is 14.5 Å². The molecule has 8 heteroatoms. The predicted molar refractivity (Wildman–Crippen MR) is 107 cm³/mol. The lowest BCUT2D eigenvalue weighted by molar-refractivity contribution is 0.0286. The molecule has 0 aliphatic carbocycles. The van der Waals surface area contributed by atoms with Crippen LogP contribution in [0.4, 0.5) is 0 Å². The molecule has 136 valence electrons. The number of nitrogens with zero attached hydrogens (tertiary/aromatic N) is 2. The number of nitrogens with one attached hydrogen (secondary N) is 1. The maximum atomic E-state index is 6.53. The third kappa shape index (κ3) is 3.58. The van der Waals surface area contributed by atoms with E-state index in [2.05, 4.69) is 9.72 Å². The highest BCUT2D eigenvalue weighted by Crippen LogP contribution is 2.34. The van der Waals surface area contributed by atoms with Gasteiger partial charge >= 0.3 is 0 Å². The molecule has 1 aliphatic rings. The summed E-state index contributed by atoms with van der Waals surface area (Å²) in [5.74, 6) is 0. The molecule has 1 aromatic carbocycles. The lowest BCUT2D eigenvalue weighted by atomic mass is 10.1. The summed E-state index contributed by atoms with van der Waals surface area (Å²) in [4.78, 5) is 5.71.